The molecule has 0 aliphatic heterocycles. The van der Waals surface area contributed by atoms with Gasteiger partial charge >= 0.3 is 0 Å². The fraction of sp³-hybridized carbons (Fsp3) is 0.385. The van der Waals surface area contributed by atoms with E-state index < -0.39 is 0 Å². The van der Waals surface area contributed by atoms with E-state index in [1.54, 1.807) is 0 Å². The first-order valence-corrected chi connectivity index (χ1v) is 5.41. The van der Waals surface area contributed by atoms with Gasteiger partial charge < -0.3 is 10.2 Å². The highest BCUT2D eigenvalue weighted by atomic mass is 16.3. The maximum atomic E-state index is 5.79. The summed E-state index contributed by atoms with van der Waals surface area (Å²) in [6, 6.07) is 6.29. The molecule has 0 aliphatic carbocycles. The topological polar surface area (TPSA) is 39.2 Å². The fourth-order valence-electron chi connectivity index (χ4n) is 2.02. The number of para-hydroxylation sites is 1. The van der Waals surface area contributed by atoms with Gasteiger partial charge in [0.25, 0.3) is 0 Å². The van der Waals surface area contributed by atoms with Crippen LogP contribution < -0.4 is 5.73 Å². The Kier molecular flexibility index (Phi) is 2.78. The van der Waals surface area contributed by atoms with E-state index >= 15 is 0 Å². The van der Waals surface area contributed by atoms with Crippen LogP contribution in [0.1, 0.15) is 23.3 Å². The summed E-state index contributed by atoms with van der Waals surface area (Å²) in [4.78, 5) is 0. The Bertz CT molecular complexity index is 471. The predicted molar refractivity (Wildman–Crippen MR) is 63.1 cm³/mol. The van der Waals surface area contributed by atoms with Gasteiger partial charge in [-0.15, -0.1) is 0 Å². The van der Waals surface area contributed by atoms with Crippen molar-refractivity contribution in [2.75, 3.05) is 6.54 Å². The monoisotopic (exact) mass is 203 g/mol. The number of rotatable bonds is 3. The molecule has 0 atom stereocenters. The Morgan fingerprint density at radius 2 is 2.07 bits per heavy atom. The number of benzene rings is 1. The minimum atomic E-state index is 0.734. The van der Waals surface area contributed by atoms with Gasteiger partial charge in [0.2, 0.25) is 0 Å². The molecule has 2 N–H and O–H groups in total. The first kappa shape index (κ1) is 10.2. The van der Waals surface area contributed by atoms with Gasteiger partial charge in [-0.2, -0.15) is 0 Å². The second kappa shape index (κ2) is 4.07. The molecule has 0 fully saturated rings. The minimum Gasteiger partial charge on any atom is -0.461 e. The van der Waals surface area contributed by atoms with Crippen molar-refractivity contribution in [2.24, 2.45) is 5.73 Å². The summed E-state index contributed by atoms with van der Waals surface area (Å²) in [7, 11) is 0. The normalized spacial score (nSPS) is 11.1. The van der Waals surface area contributed by atoms with Crippen molar-refractivity contribution in [1.29, 1.82) is 0 Å². The van der Waals surface area contributed by atoms with Crippen molar-refractivity contribution in [1.82, 2.24) is 0 Å². The lowest BCUT2D eigenvalue weighted by atomic mass is 10.0. The standard InChI is InChI=1S/C13H17NO/c1-9-5-3-6-12-11(7-4-8-14)10(2)15-13(9)12/h3,5-6H,4,7-8,14H2,1-2H3. The van der Waals surface area contributed by atoms with Gasteiger partial charge in [-0.1, -0.05) is 18.2 Å². The van der Waals surface area contributed by atoms with Crippen LogP contribution in [0.25, 0.3) is 11.0 Å². The Morgan fingerprint density at radius 3 is 2.80 bits per heavy atom. The summed E-state index contributed by atoms with van der Waals surface area (Å²) in [5, 5.41) is 1.25. The summed E-state index contributed by atoms with van der Waals surface area (Å²) in [5.41, 5.74) is 9.09. The molecule has 2 rings (SSSR count). The molecule has 2 aromatic rings. The molecule has 0 amide bonds. The zero-order valence-corrected chi connectivity index (χ0v) is 9.34. The van der Waals surface area contributed by atoms with Crippen LogP contribution in [0, 0.1) is 13.8 Å². The number of fused-ring (bicyclic) bond motifs is 1. The number of hydrogen-bond donors (Lipinski definition) is 1. The molecule has 80 valence electrons. The van der Waals surface area contributed by atoms with Crippen molar-refractivity contribution in [3.05, 3.63) is 35.1 Å². The summed E-state index contributed by atoms with van der Waals surface area (Å²) < 4.78 is 5.79. The zero-order valence-electron chi connectivity index (χ0n) is 9.34. The minimum absolute atomic E-state index is 0.734. The van der Waals surface area contributed by atoms with Crippen LogP contribution in [0.3, 0.4) is 0 Å². The van der Waals surface area contributed by atoms with Gasteiger partial charge in [0.05, 0.1) is 0 Å². The van der Waals surface area contributed by atoms with E-state index in [4.69, 9.17) is 10.2 Å². The highest BCUT2D eigenvalue weighted by Crippen LogP contribution is 2.28. The third kappa shape index (κ3) is 1.77. The first-order chi connectivity index (χ1) is 7.24. The number of furan rings is 1. The predicted octanol–water partition coefficient (Wildman–Crippen LogP) is 2.94. The molecular weight excluding hydrogens is 186 g/mol. The van der Waals surface area contributed by atoms with Crippen molar-refractivity contribution in [3.63, 3.8) is 0 Å². The number of nitrogens with two attached hydrogens (primary N) is 1. The van der Waals surface area contributed by atoms with Crippen LogP contribution in [-0.4, -0.2) is 6.54 Å². The number of aryl methyl sites for hydroxylation is 3. The van der Waals surface area contributed by atoms with E-state index in [-0.39, 0.29) is 0 Å². The SMILES string of the molecule is Cc1oc2c(C)cccc2c1CCCN. The largest absolute Gasteiger partial charge is 0.461 e. The average molecular weight is 203 g/mol. The molecule has 15 heavy (non-hydrogen) atoms. The molecular formula is C13H17NO. The van der Waals surface area contributed by atoms with E-state index in [1.807, 2.05) is 6.92 Å². The summed E-state index contributed by atoms with van der Waals surface area (Å²) in [6.07, 6.45) is 2.03. The molecule has 2 heteroatoms. The lowest BCUT2D eigenvalue weighted by Crippen LogP contribution is -2.00. The van der Waals surface area contributed by atoms with E-state index in [0.717, 1.165) is 30.7 Å². The van der Waals surface area contributed by atoms with Gasteiger partial charge in [-0.3, -0.25) is 0 Å². The first-order valence-electron chi connectivity index (χ1n) is 5.41. The third-order valence-corrected chi connectivity index (χ3v) is 2.85. The van der Waals surface area contributed by atoms with Gasteiger partial charge in [0, 0.05) is 10.9 Å². The molecule has 0 saturated carbocycles. The van der Waals surface area contributed by atoms with E-state index in [0.29, 0.717) is 0 Å². The number of hydrogen-bond acceptors (Lipinski definition) is 2. The molecule has 0 bridgehead atoms. The summed E-state index contributed by atoms with van der Waals surface area (Å²) >= 11 is 0. The summed E-state index contributed by atoms with van der Waals surface area (Å²) in [5.74, 6) is 1.03. The van der Waals surface area contributed by atoms with Gasteiger partial charge in [-0.25, -0.2) is 0 Å². The van der Waals surface area contributed by atoms with E-state index in [1.165, 1.54) is 16.5 Å². The average Bonchev–Trinajstić information content (AvgIpc) is 2.54. The van der Waals surface area contributed by atoms with Gasteiger partial charge in [0.1, 0.15) is 11.3 Å². The van der Waals surface area contributed by atoms with Crippen molar-refractivity contribution >= 4 is 11.0 Å². The molecule has 0 spiro atoms. The van der Waals surface area contributed by atoms with Crippen molar-refractivity contribution < 1.29 is 4.42 Å². The van der Waals surface area contributed by atoms with Crippen molar-refractivity contribution in [3.8, 4) is 0 Å². The smallest absolute Gasteiger partial charge is 0.137 e. The van der Waals surface area contributed by atoms with Crippen molar-refractivity contribution in [2.45, 2.75) is 26.7 Å². The summed E-state index contributed by atoms with van der Waals surface area (Å²) in [6.45, 7) is 4.85. The quantitative estimate of drug-likeness (QED) is 0.833. The highest BCUT2D eigenvalue weighted by molar-refractivity contribution is 5.84. The van der Waals surface area contributed by atoms with E-state index in [9.17, 15) is 0 Å². The molecule has 0 saturated heterocycles. The molecule has 1 aromatic heterocycles. The highest BCUT2D eigenvalue weighted by Gasteiger charge is 2.11. The molecule has 1 heterocycles. The van der Waals surface area contributed by atoms with Crippen LogP contribution >= 0.6 is 0 Å². The van der Waals surface area contributed by atoms with E-state index in [2.05, 4.69) is 25.1 Å². The van der Waals surface area contributed by atoms with Crippen LogP contribution in [0.5, 0.6) is 0 Å². The molecule has 1 aromatic carbocycles. The van der Waals surface area contributed by atoms with Gasteiger partial charge in [0.15, 0.2) is 0 Å². The fourth-order valence-corrected chi connectivity index (χ4v) is 2.02. The molecule has 0 aliphatic rings. The van der Waals surface area contributed by atoms with Crippen LogP contribution in [0.2, 0.25) is 0 Å². The molecule has 0 radical (unpaired) electrons. The Hall–Kier alpha value is -1.28. The lowest BCUT2D eigenvalue weighted by molar-refractivity contribution is 0.568. The molecule has 0 unspecified atom stereocenters. The Labute approximate surface area is 90.1 Å². The van der Waals surface area contributed by atoms with Crippen LogP contribution in [0.4, 0.5) is 0 Å². The molecule has 2 nitrogen and oxygen atoms in total. The third-order valence-electron chi connectivity index (χ3n) is 2.85. The lowest BCUT2D eigenvalue weighted by Gasteiger charge is -1.98. The Morgan fingerprint density at radius 1 is 1.27 bits per heavy atom. The van der Waals surface area contributed by atoms with Crippen LogP contribution in [-0.2, 0) is 6.42 Å². The Balaban J connectivity index is 2.53. The second-order valence-electron chi connectivity index (χ2n) is 3.98. The van der Waals surface area contributed by atoms with Crippen LogP contribution in [0.15, 0.2) is 22.6 Å². The zero-order chi connectivity index (χ0) is 10.8. The van der Waals surface area contributed by atoms with Gasteiger partial charge in [-0.05, 0) is 38.8 Å². The maximum absolute atomic E-state index is 5.79. The second-order valence-corrected chi connectivity index (χ2v) is 3.98. The maximum Gasteiger partial charge on any atom is 0.137 e.